The van der Waals surface area contributed by atoms with Crippen molar-refractivity contribution in [2.75, 3.05) is 23.9 Å². The summed E-state index contributed by atoms with van der Waals surface area (Å²) in [5.74, 6) is 2.41. The van der Waals surface area contributed by atoms with Gasteiger partial charge in [-0.05, 0) is 107 Å². The molecule has 230 valence electrons. The molecule has 0 spiro atoms. The second-order valence-corrected chi connectivity index (χ2v) is 13.1. The first kappa shape index (κ1) is 33.4. The van der Waals surface area contributed by atoms with Crippen LogP contribution in [-0.2, 0) is 12.8 Å². The highest BCUT2D eigenvalue weighted by atomic mass is 16.5. The van der Waals surface area contributed by atoms with Crippen molar-refractivity contribution in [1.82, 2.24) is 0 Å². The van der Waals surface area contributed by atoms with Crippen LogP contribution < -0.4 is 19.3 Å². The normalized spacial score (nSPS) is 13.1. The summed E-state index contributed by atoms with van der Waals surface area (Å²) in [6.45, 7) is 22.4. The van der Waals surface area contributed by atoms with Crippen molar-refractivity contribution in [3.05, 3.63) is 82.9 Å². The molecule has 0 radical (unpaired) electrons. The van der Waals surface area contributed by atoms with Crippen LogP contribution in [0.4, 0.5) is 11.4 Å². The molecule has 0 N–H and O–H groups in total. The van der Waals surface area contributed by atoms with Crippen molar-refractivity contribution < 1.29 is 9.47 Å². The fraction of sp³-hybridized carbons (Fsp3) is 0.526. The maximum absolute atomic E-state index is 6.49. The van der Waals surface area contributed by atoms with Gasteiger partial charge >= 0.3 is 0 Å². The van der Waals surface area contributed by atoms with Gasteiger partial charge in [-0.2, -0.15) is 0 Å². The predicted octanol–water partition coefficient (Wildman–Crippen LogP) is 9.64. The SMILES string of the molecule is CC(C)Oc1ccccc1OC(C)Cc1cccc(C(C)Cc2cccc(N(C)C(C)C)c2C(C)C)c1N(C)C(C)C. The molecule has 0 aliphatic rings. The van der Waals surface area contributed by atoms with Gasteiger partial charge in [-0.25, -0.2) is 0 Å². The zero-order valence-electron chi connectivity index (χ0n) is 28.4. The molecule has 0 heterocycles. The number of nitrogens with zero attached hydrogens (tertiary/aromatic N) is 2. The van der Waals surface area contributed by atoms with Gasteiger partial charge in [-0.3, -0.25) is 0 Å². The summed E-state index contributed by atoms with van der Waals surface area (Å²) in [5.41, 5.74) is 8.33. The Labute approximate surface area is 257 Å². The minimum Gasteiger partial charge on any atom is -0.487 e. The van der Waals surface area contributed by atoms with Crippen LogP contribution in [0.1, 0.15) is 103 Å². The molecule has 0 aromatic heterocycles. The van der Waals surface area contributed by atoms with Gasteiger partial charge < -0.3 is 19.3 Å². The summed E-state index contributed by atoms with van der Waals surface area (Å²) in [4.78, 5) is 4.85. The van der Waals surface area contributed by atoms with Crippen LogP contribution in [0.25, 0.3) is 0 Å². The van der Waals surface area contributed by atoms with E-state index < -0.39 is 0 Å². The van der Waals surface area contributed by atoms with E-state index in [1.165, 1.54) is 33.6 Å². The number of anilines is 2. The zero-order chi connectivity index (χ0) is 31.1. The summed E-state index contributed by atoms with van der Waals surface area (Å²) in [5, 5.41) is 0. The minimum atomic E-state index is -0.0115. The van der Waals surface area contributed by atoms with Gasteiger partial charge in [0.1, 0.15) is 6.10 Å². The highest BCUT2D eigenvalue weighted by Crippen LogP contribution is 2.38. The summed E-state index contributed by atoms with van der Waals surface area (Å²) in [6.07, 6.45) is 1.90. The summed E-state index contributed by atoms with van der Waals surface area (Å²) in [6, 6.07) is 22.5. The van der Waals surface area contributed by atoms with E-state index in [0.29, 0.717) is 23.9 Å². The van der Waals surface area contributed by atoms with E-state index >= 15 is 0 Å². The molecular formula is C38H56N2O2. The maximum Gasteiger partial charge on any atom is 0.161 e. The lowest BCUT2D eigenvalue weighted by atomic mass is 9.85. The highest BCUT2D eigenvalue weighted by Gasteiger charge is 2.23. The molecule has 0 amide bonds. The van der Waals surface area contributed by atoms with Crippen LogP contribution >= 0.6 is 0 Å². The highest BCUT2D eigenvalue weighted by molar-refractivity contribution is 5.63. The standard InChI is InChI=1S/C38H56N2O2/c1-25(2)37-31(17-16-20-34(37)39(11)26(3)4)23-29(9)33-19-15-18-32(38(33)40(12)27(5)6)24-30(10)42-36-22-14-13-21-35(36)41-28(7)8/h13-22,25-30H,23-24H2,1-12H3. The monoisotopic (exact) mass is 572 g/mol. The summed E-state index contributed by atoms with van der Waals surface area (Å²) in [7, 11) is 4.45. The van der Waals surface area contributed by atoms with E-state index in [1.807, 2.05) is 38.1 Å². The largest absolute Gasteiger partial charge is 0.487 e. The Hall–Kier alpha value is -3.14. The average molecular weight is 573 g/mol. The number of para-hydroxylation sites is 3. The number of hydrogen-bond acceptors (Lipinski definition) is 4. The van der Waals surface area contributed by atoms with Crippen LogP contribution in [0.2, 0.25) is 0 Å². The number of benzene rings is 3. The first-order valence-electron chi connectivity index (χ1n) is 15.9. The predicted molar refractivity (Wildman–Crippen MR) is 182 cm³/mol. The van der Waals surface area contributed by atoms with Gasteiger partial charge in [-0.15, -0.1) is 0 Å². The van der Waals surface area contributed by atoms with Gasteiger partial charge in [0.2, 0.25) is 0 Å². The first-order chi connectivity index (χ1) is 19.8. The molecule has 0 aliphatic heterocycles. The molecule has 0 saturated heterocycles. The van der Waals surface area contributed by atoms with Crippen LogP contribution in [0, 0.1) is 0 Å². The zero-order valence-corrected chi connectivity index (χ0v) is 28.4. The lowest BCUT2D eigenvalue weighted by Crippen LogP contribution is -2.29. The van der Waals surface area contributed by atoms with E-state index in [9.17, 15) is 0 Å². The lowest BCUT2D eigenvalue weighted by molar-refractivity contribution is 0.189. The Morgan fingerprint density at radius 3 is 1.74 bits per heavy atom. The van der Waals surface area contributed by atoms with Gasteiger partial charge in [0.25, 0.3) is 0 Å². The van der Waals surface area contributed by atoms with Crippen molar-refractivity contribution in [3.63, 3.8) is 0 Å². The molecule has 42 heavy (non-hydrogen) atoms. The smallest absolute Gasteiger partial charge is 0.161 e. The Balaban J connectivity index is 1.97. The molecule has 4 nitrogen and oxygen atoms in total. The molecule has 0 aliphatic carbocycles. The van der Waals surface area contributed by atoms with Gasteiger partial charge in [0, 0.05) is 44.0 Å². The molecule has 3 aromatic rings. The molecule has 0 bridgehead atoms. The second kappa shape index (κ2) is 14.8. The van der Waals surface area contributed by atoms with Crippen LogP contribution in [0.5, 0.6) is 11.5 Å². The van der Waals surface area contributed by atoms with E-state index in [4.69, 9.17) is 9.47 Å². The third-order valence-corrected chi connectivity index (χ3v) is 8.29. The van der Waals surface area contributed by atoms with Crippen molar-refractivity contribution in [2.24, 2.45) is 0 Å². The fourth-order valence-corrected chi connectivity index (χ4v) is 5.80. The molecule has 3 aromatic carbocycles. The molecule has 0 saturated carbocycles. The Bertz CT molecular complexity index is 1280. The molecular weight excluding hydrogens is 516 g/mol. The summed E-state index contributed by atoms with van der Waals surface area (Å²) >= 11 is 0. The summed E-state index contributed by atoms with van der Waals surface area (Å²) < 4.78 is 12.5. The van der Waals surface area contributed by atoms with E-state index in [0.717, 1.165) is 24.3 Å². The van der Waals surface area contributed by atoms with Crippen LogP contribution in [0.3, 0.4) is 0 Å². The second-order valence-electron chi connectivity index (χ2n) is 13.1. The molecule has 2 atom stereocenters. The Kier molecular flexibility index (Phi) is 11.8. The van der Waals surface area contributed by atoms with Crippen LogP contribution in [0.15, 0.2) is 60.7 Å². The number of rotatable bonds is 14. The van der Waals surface area contributed by atoms with Gasteiger partial charge in [-0.1, -0.05) is 63.2 Å². The topological polar surface area (TPSA) is 24.9 Å². The average Bonchev–Trinajstić information content (AvgIpc) is 2.92. The number of ether oxygens (including phenoxy) is 2. The maximum atomic E-state index is 6.49. The minimum absolute atomic E-state index is 0.0115. The lowest BCUT2D eigenvalue weighted by Gasteiger charge is -2.33. The first-order valence-corrected chi connectivity index (χ1v) is 15.9. The molecule has 4 heteroatoms. The third-order valence-electron chi connectivity index (χ3n) is 8.29. The molecule has 2 unspecified atom stereocenters. The fourth-order valence-electron chi connectivity index (χ4n) is 5.80. The van der Waals surface area contributed by atoms with Crippen molar-refractivity contribution >= 4 is 11.4 Å². The molecule has 3 rings (SSSR count). The van der Waals surface area contributed by atoms with Crippen molar-refractivity contribution in [3.8, 4) is 11.5 Å². The third kappa shape index (κ3) is 8.24. The van der Waals surface area contributed by atoms with Crippen molar-refractivity contribution in [1.29, 1.82) is 0 Å². The van der Waals surface area contributed by atoms with Crippen molar-refractivity contribution in [2.45, 2.75) is 118 Å². The van der Waals surface area contributed by atoms with Gasteiger partial charge in [0.15, 0.2) is 11.5 Å². The van der Waals surface area contributed by atoms with E-state index in [2.05, 4.69) is 116 Å². The number of hydrogen-bond donors (Lipinski definition) is 0. The molecule has 0 fully saturated rings. The van der Waals surface area contributed by atoms with E-state index in [1.54, 1.807) is 0 Å². The van der Waals surface area contributed by atoms with E-state index in [-0.39, 0.29) is 12.2 Å². The van der Waals surface area contributed by atoms with Gasteiger partial charge in [0.05, 0.1) is 6.10 Å². The Morgan fingerprint density at radius 2 is 1.17 bits per heavy atom. The Morgan fingerprint density at radius 1 is 0.595 bits per heavy atom. The van der Waals surface area contributed by atoms with Crippen LogP contribution in [-0.4, -0.2) is 38.4 Å². The quantitative estimate of drug-likeness (QED) is 0.192.